The Kier molecular flexibility index (Phi) is 5.83. The Labute approximate surface area is 135 Å². The highest BCUT2D eigenvalue weighted by atomic mass is 79.9. The zero-order valence-electron chi connectivity index (χ0n) is 12.6. The van der Waals surface area contributed by atoms with Gasteiger partial charge in [0.15, 0.2) is 0 Å². The summed E-state index contributed by atoms with van der Waals surface area (Å²) in [5.41, 5.74) is 9.58. The second-order valence-corrected chi connectivity index (χ2v) is 6.22. The van der Waals surface area contributed by atoms with Crippen LogP contribution in [0.25, 0.3) is 0 Å². The van der Waals surface area contributed by atoms with Crippen molar-refractivity contribution < 1.29 is 4.74 Å². The van der Waals surface area contributed by atoms with Crippen molar-refractivity contribution in [3.05, 3.63) is 63.6 Å². The summed E-state index contributed by atoms with van der Waals surface area (Å²) in [5.74, 6) is 0.898. The molecule has 3 heteroatoms. The van der Waals surface area contributed by atoms with Gasteiger partial charge in [-0.2, -0.15) is 0 Å². The van der Waals surface area contributed by atoms with E-state index < -0.39 is 0 Å². The third-order valence-electron chi connectivity index (χ3n) is 3.40. The number of aryl methyl sites for hydroxylation is 1. The Morgan fingerprint density at radius 1 is 1.10 bits per heavy atom. The molecular formula is C18H22BrNO. The largest absolute Gasteiger partial charge is 0.487 e. The lowest BCUT2D eigenvalue weighted by molar-refractivity contribution is 0.300. The van der Waals surface area contributed by atoms with Gasteiger partial charge in [0.25, 0.3) is 0 Å². The molecule has 2 nitrogen and oxygen atoms in total. The van der Waals surface area contributed by atoms with Gasteiger partial charge in [0, 0.05) is 6.04 Å². The van der Waals surface area contributed by atoms with Crippen molar-refractivity contribution in [1.29, 1.82) is 0 Å². The summed E-state index contributed by atoms with van der Waals surface area (Å²) in [6, 6.07) is 14.8. The lowest BCUT2D eigenvalue weighted by Crippen LogP contribution is -2.18. The summed E-state index contributed by atoms with van der Waals surface area (Å²) < 4.78 is 7.00. The molecule has 0 saturated carbocycles. The molecule has 0 aromatic heterocycles. The van der Waals surface area contributed by atoms with Crippen LogP contribution in [0.3, 0.4) is 0 Å². The standard InChI is InChI=1S/C18H22BrNO/c1-3-14-7-9-15(10-8-14)12-21-18-16(11-13(2)20)5-4-6-17(18)19/h4-10,13H,3,11-12,20H2,1-2H3. The predicted octanol–water partition coefficient (Wildman–Crippen LogP) is 4.48. The van der Waals surface area contributed by atoms with Gasteiger partial charge in [-0.25, -0.2) is 0 Å². The van der Waals surface area contributed by atoms with Crippen LogP contribution in [-0.2, 0) is 19.4 Å². The van der Waals surface area contributed by atoms with Crippen LogP contribution >= 0.6 is 15.9 Å². The van der Waals surface area contributed by atoms with E-state index in [-0.39, 0.29) is 6.04 Å². The van der Waals surface area contributed by atoms with Crippen LogP contribution in [0.4, 0.5) is 0 Å². The number of nitrogens with two attached hydrogens (primary N) is 1. The molecule has 0 spiro atoms. The molecular weight excluding hydrogens is 326 g/mol. The Morgan fingerprint density at radius 3 is 2.38 bits per heavy atom. The molecule has 0 aliphatic carbocycles. The van der Waals surface area contributed by atoms with Crippen LogP contribution < -0.4 is 10.5 Å². The fourth-order valence-electron chi connectivity index (χ4n) is 2.25. The summed E-state index contributed by atoms with van der Waals surface area (Å²) in [6.07, 6.45) is 1.87. The number of hydrogen-bond acceptors (Lipinski definition) is 2. The van der Waals surface area contributed by atoms with Crippen LogP contribution in [0.15, 0.2) is 46.9 Å². The van der Waals surface area contributed by atoms with E-state index in [0.29, 0.717) is 6.61 Å². The van der Waals surface area contributed by atoms with E-state index in [0.717, 1.165) is 28.6 Å². The van der Waals surface area contributed by atoms with E-state index in [1.165, 1.54) is 11.1 Å². The molecule has 0 bridgehead atoms. The van der Waals surface area contributed by atoms with Crippen LogP contribution in [-0.4, -0.2) is 6.04 Å². The normalized spacial score (nSPS) is 12.2. The molecule has 0 fully saturated rings. The first kappa shape index (κ1) is 16.1. The predicted molar refractivity (Wildman–Crippen MR) is 91.6 cm³/mol. The van der Waals surface area contributed by atoms with Gasteiger partial charge in [0.2, 0.25) is 0 Å². The van der Waals surface area contributed by atoms with Crippen molar-refractivity contribution >= 4 is 15.9 Å². The number of ether oxygens (including phenoxy) is 1. The highest BCUT2D eigenvalue weighted by Gasteiger charge is 2.10. The smallest absolute Gasteiger partial charge is 0.137 e. The molecule has 21 heavy (non-hydrogen) atoms. The van der Waals surface area contributed by atoms with Crippen molar-refractivity contribution in [3.8, 4) is 5.75 Å². The van der Waals surface area contributed by atoms with E-state index in [4.69, 9.17) is 10.5 Å². The van der Waals surface area contributed by atoms with E-state index in [2.05, 4.69) is 53.2 Å². The number of hydrogen-bond donors (Lipinski definition) is 1. The summed E-state index contributed by atoms with van der Waals surface area (Å²) in [6.45, 7) is 4.74. The zero-order chi connectivity index (χ0) is 15.2. The molecule has 1 unspecified atom stereocenters. The number of para-hydroxylation sites is 1. The molecule has 112 valence electrons. The van der Waals surface area contributed by atoms with Gasteiger partial charge in [-0.05, 0) is 58.5 Å². The maximum atomic E-state index is 6.03. The van der Waals surface area contributed by atoms with Gasteiger partial charge in [-0.3, -0.25) is 0 Å². The quantitative estimate of drug-likeness (QED) is 0.835. The molecule has 2 rings (SSSR count). The van der Waals surface area contributed by atoms with Gasteiger partial charge in [0.05, 0.1) is 4.47 Å². The Morgan fingerprint density at radius 2 is 1.76 bits per heavy atom. The maximum absolute atomic E-state index is 6.03. The van der Waals surface area contributed by atoms with Crippen molar-refractivity contribution in [2.45, 2.75) is 39.3 Å². The van der Waals surface area contributed by atoms with E-state index >= 15 is 0 Å². The average Bonchev–Trinajstić information content (AvgIpc) is 2.46. The molecule has 0 aliphatic rings. The number of benzene rings is 2. The minimum Gasteiger partial charge on any atom is -0.487 e. The third-order valence-corrected chi connectivity index (χ3v) is 4.03. The molecule has 2 aromatic rings. The van der Waals surface area contributed by atoms with E-state index in [1.807, 2.05) is 19.1 Å². The van der Waals surface area contributed by atoms with Gasteiger partial charge in [-0.15, -0.1) is 0 Å². The first-order valence-corrected chi connectivity index (χ1v) is 8.13. The summed E-state index contributed by atoms with van der Waals surface area (Å²) in [7, 11) is 0. The topological polar surface area (TPSA) is 35.2 Å². The number of halogens is 1. The molecule has 2 aromatic carbocycles. The molecule has 0 aliphatic heterocycles. The monoisotopic (exact) mass is 347 g/mol. The number of rotatable bonds is 6. The van der Waals surface area contributed by atoms with Crippen LogP contribution in [0, 0.1) is 0 Å². The Hall–Kier alpha value is -1.32. The fourth-order valence-corrected chi connectivity index (χ4v) is 2.77. The summed E-state index contributed by atoms with van der Waals surface area (Å²) in [5, 5.41) is 0. The van der Waals surface area contributed by atoms with Gasteiger partial charge >= 0.3 is 0 Å². The average molecular weight is 348 g/mol. The molecule has 0 amide bonds. The second-order valence-electron chi connectivity index (χ2n) is 5.37. The van der Waals surface area contributed by atoms with Gasteiger partial charge in [-0.1, -0.05) is 43.3 Å². The molecule has 0 heterocycles. The molecule has 2 N–H and O–H groups in total. The van der Waals surface area contributed by atoms with Gasteiger partial charge in [0.1, 0.15) is 12.4 Å². The SMILES string of the molecule is CCc1ccc(COc2c(Br)cccc2CC(C)N)cc1. The lowest BCUT2D eigenvalue weighted by Gasteiger charge is -2.15. The first-order valence-electron chi connectivity index (χ1n) is 7.33. The minimum absolute atomic E-state index is 0.116. The van der Waals surface area contributed by atoms with Crippen molar-refractivity contribution in [2.24, 2.45) is 5.73 Å². The van der Waals surface area contributed by atoms with E-state index in [1.54, 1.807) is 0 Å². The zero-order valence-corrected chi connectivity index (χ0v) is 14.2. The fraction of sp³-hybridized carbons (Fsp3) is 0.333. The van der Waals surface area contributed by atoms with Crippen molar-refractivity contribution in [3.63, 3.8) is 0 Å². The minimum atomic E-state index is 0.116. The summed E-state index contributed by atoms with van der Waals surface area (Å²) in [4.78, 5) is 0. The highest BCUT2D eigenvalue weighted by molar-refractivity contribution is 9.10. The van der Waals surface area contributed by atoms with Gasteiger partial charge < -0.3 is 10.5 Å². The molecule has 0 radical (unpaired) electrons. The lowest BCUT2D eigenvalue weighted by atomic mass is 10.1. The van der Waals surface area contributed by atoms with Crippen LogP contribution in [0.1, 0.15) is 30.5 Å². The molecule has 0 saturated heterocycles. The first-order chi connectivity index (χ1) is 10.1. The van der Waals surface area contributed by atoms with E-state index in [9.17, 15) is 0 Å². The second kappa shape index (κ2) is 7.62. The van der Waals surface area contributed by atoms with Crippen molar-refractivity contribution in [1.82, 2.24) is 0 Å². The Balaban J connectivity index is 2.11. The van der Waals surface area contributed by atoms with Crippen LogP contribution in [0.5, 0.6) is 5.75 Å². The van der Waals surface area contributed by atoms with Crippen LogP contribution in [0.2, 0.25) is 0 Å². The molecule has 1 atom stereocenters. The summed E-state index contributed by atoms with van der Waals surface area (Å²) >= 11 is 3.57. The highest BCUT2D eigenvalue weighted by Crippen LogP contribution is 2.30. The van der Waals surface area contributed by atoms with Crippen molar-refractivity contribution in [2.75, 3.05) is 0 Å². The third kappa shape index (κ3) is 4.58. The Bertz CT molecular complexity index is 578. The maximum Gasteiger partial charge on any atom is 0.137 e.